The molecule has 114 valence electrons. The Balaban J connectivity index is 1.85. The summed E-state index contributed by atoms with van der Waals surface area (Å²) in [6, 6.07) is 6.75. The summed E-state index contributed by atoms with van der Waals surface area (Å²) in [5.41, 5.74) is 0.936. The molecule has 6 heteroatoms. The van der Waals surface area contributed by atoms with Crippen LogP contribution in [-0.2, 0) is 16.0 Å². The number of carboxylic acids is 1. The number of carbonyl (C=O) groups excluding carboxylic acids is 1. The molecule has 0 radical (unpaired) electrons. The highest BCUT2D eigenvalue weighted by molar-refractivity contribution is 6.30. The van der Waals surface area contributed by atoms with Crippen LogP contribution < -0.4 is 0 Å². The topological polar surface area (TPSA) is 60.9 Å². The number of amides is 1. The summed E-state index contributed by atoms with van der Waals surface area (Å²) in [6.07, 6.45) is 0.353. The van der Waals surface area contributed by atoms with E-state index in [-0.39, 0.29) is 5.91 Å². The fraction of sp³-hybridized carbons (Fsp3) is 0.467. The van der Waals surface area contributed by atoms with Crippen molar-refractivity contribution in [3.63, 3.8) is 0 Å². The number of piperazine rings is 1. The number of aliphatic carboxylic acids is 1. The molecule has 1 heterocycles. The second kappa shape index (κ2) is 6.91. The molecule has 0 saturated carbocycles. The van der Waals surface area contributed by atoms with Crippen LogP contribution in [-0.4, -0.2) is 59.0 Å². The normalized spacial score (nSPS) is 17.5. The van der Waals surface area contributed by atoms with Crippen LogP contribution in [0.15, 0.2) is 24.3 Å². The van der Waals surface area contributed by atoms with E-state index in [0.29, 0.717) is 37.6 Å². The maximum Gasteiger partial charge on any atom is 0.320 e. The van der Waals surface area contributed by atoms with Gasteiger partial charge >= 0.3 is 5.97 Å². The van der Waals surface area contributed by atoms with E-state index in [4.69, 9.17) is 16.7 Å². The molecule has 21 heavy (non-hydrogen) atoms. The first-order valence-electron chi connectivity index (χ1n) is 6.96. The smallest absolute Gasteiger partial charge is 0.320 e. The first-order valence-corrected chi connectivity index (χ1v) is 7.34. The third-order valence-corrected chi connectivity index (χ3v) is 4.09. The quantitative estimate of drug-likeness (QED) is 0.915. The molecule has 1 aromatic carbocycles. The fourth-order valence-corrected chi connectivity index (χ4v) is 2.53. The third-order valence-electron chi connectivity index (χ3n) is 3.84. The summed E-state index contributed by atoms with van der Waals surface area (Å²) in [6.45, 7) is 4.02. The van der Waals surface area contributed by atoms with Crippen LogP contribution in [0.4, 0.5) is 0 Å². The van der Waals surface area contributed by atoms with Gasteiger partial charge in [-0.1, -0.05) is 23.7 Å². The molecule has 1 saturated heterocycles. The summed E-state index contributed by atoms with van der Waals surface area (Å²) >= 11 is 5.82. The second-order valence-electron chi connectivity index (χ2n) is 5.23. The predicted molar refractivity (Wildman–Crippen MR) is 80.4 cm³/mol. The Kier molecular flexibility index (Phi) is 5.20. The van der Waals surface area contributed by atoms with Crippen molar-refractivity contribution in [1.29, 1.82) is 0 Å². The van der Waals surface area contributed by atoms with Crippen molar-refractivity contribution in [2.45, 2.75) is 19.4 Å². The molecule has 1 amide bonds. The zero-order chi connectivity index (χ0) is 15.4. The van der Waals surface area contributed by atoms with E-state index in [1.165, 1.54) is 0 Å². The van der Waals surface area contributed by atoms with Crippen LogP contribution >= 0.6 is 11.6 Å². The van der Waals surface area contributed by atoms with Crippen molar-refractivity contribution in [3.8, 4) is 0 Å². The van der Waals surface area contributed by atoms with Crippen molar-refractivity contribution >= 4 is 23.5 Å². The Morgan fingerprint density at radius 1 is 1.19 bits per heavy atom. The molecule has 1 atom stereocenters. The Morgan fingerprint density at radius 3 is 2.29 bits per heavy atom. The van der Waals surface area contributed by atoms with Crippen molar-refractivity contribution in [2.24, 2.45) is 0 Å². The Morgan fingerprint density at radius 2 is 1.76 bits per heavy atom. The van der Waals surface area contributed by atoms with Crippen molar-refractivity contribution < 1.29 is 14.7 Å². The zero-order valence-corrected chi connectivity index (χ0v) is 12.7. The monoisotopic (exact) mass is 310 g/mol. The standard InChI is InChI=1S/C15H19ClN2O3/c1-11(15(20)21)17-6-8-18(9-7-17)14(19)10-12-2-4-13(16)5-3-12/h2-5,11H,6-10H2,1H3,(H,20,21)/t11-/m0/s1. The second-order valence-corrected chi connectivity index (χ2v) is 5.67. The van der Waals surface area contributed by atoms with E-state index in [1.807, 2.05) is 17.0 Å². The van der Waals surface area contributed by atoms with Crippen LogP contribution in [0, 0.1) is 0 Å². The van der Waals surface area contributed by atoms with Crippen LogP contribution in [0.1, 0.15) is 12.5 Å². The van der Waals surface area contributed by atoms with Gasteiger partial charge < -0.3 is 10.0 Å². The Bertz CT molecular complexity index is 510. The molecular formula is C15H19ClN2O3. The molecule has 5 nitrogen and oxygen atoms in total. The van der Waals surface area contributed by atoms with Crippen LogP contribution in [0.25, 0.3) is 0 Å². The number of hydrogen-bond acceptors (Lipinski definition) is 3. The van der Waals surface area contributed by atoms with Crippen molar-refractivity contribution in [2.75, 3.05) is 26.2 Å². The van der Waals surface area contributed by atoms with Crippen LogP contribution in [0.3, 0.4) is 0 Å². The molecule has 2 rings (SSSR count). The summed E-state index contributed by atoms with van der Waals surface area (Å²) in [5, 5.41) is 9.65. The van der Waals surface area contributed by atoms with Gasteiger partial charge in [-0.2, -0.15) is 0 Å². The molecule has 0 aromatic heterocycles. The highest BCUT2D eigenvalue weighted by Gasteiger charge is 2.26. The molecule has 0 unspecified atom stereocenters. The van der Waals surface area contributed by atoms with Gasteiger partial charge in [-0.25, -0.2) is 0 Å². The Hall–Kier alpha value is -1.59. The first kappa shape index (κ1) is 15.8. The minimum atomic E-state index is -0.823. The molecular weight excluding hydrogens is 292 g/mol. The van der Waals surface area contributed by atoms with Gasteiger partial charge in [-0.3, -0.25) is 14.5 Å². The van der Waals surface area contributed by atoms with Gasteiger partial charge in [0.15, 0.2) is 0 Å². The van der Waals surface area contributed by atoms with Gasteiger partial charge in [0.05, 0.1) is 6.42 Å². The summed E-state index contributed by atoms with van der Waals surface area (Å²) in [7, 11) is 0. The third kappa shape index (κ3) is 4.19. The van der Waals surface area contributed by atoms with Gasteiger partial charge in [0.2, 0.25) is 5.91 Å². The largest absolute Gasteiger partial charge is 0.480 e. The number of benzene rings is 1. The number of nitrogens with zero attached hydrogens (tertiary/aromatic N) is 2. The lowest BCUT2D eigenvalue weighted by molar-refractivity contribution is -0.144. The van der Waals surface area contributed by atoms with Gasteiger partial charge in [0.1, 0.15) is 6.04 Å². The molecule has 1 aromatic rings. The molecule has 0 bridgehead atoms. The number of hydrogen-bond donors (Lipinski definition) is 1. The van der Waals surface area contributed by atoms with Gasteiger partial charge in [0.25, 0.3) is 0 Å². The van der Waals surface area contributed by atoms with E-state index >= 15 is 0 Å². The highest BCUT2D eigenvalue weighted by Crippen LogP contribution is 2.12. The minimum Gasteiger partial charge on any atom is -0.480 e. The molecule has 1 aliphatic rings. The van der Waals surface area contributed by atoms with E-state index in [0.717, 1.165) is 5.56 Å². The molecule has 1 fully saturated rings. The lowest BCUT2D eigenvalue weighted by Gasteiger charge is -2.36. The van der Waals surface area contributed by atoms with Gasteiger partial charge in [-0.15, -0.1) is 0 Å². The Labute approximate surface area is 129 Å². The molecule has 0 spiro atoms. The summed E-state index contributed by atoms with van der Waals surface area (Å²) < 4.78 is 0. The number of halogens is 1. The van der Waals surface area contributed by atoms with E-state index < -0.39 is 12.0 Å². The number of carbonyl (C=O) groups is 2. The van der Waals surface area contributed by atoms with Crippen molar-refractivity contribution in [1.82, 2.24) is 9.80 Å². The SMILES string of the molecule is C[C@@H](C(=O)O)N1CCN(C(=O)Cc2ccc(Cl)cc2)CC1. The summed E-state index contributed by atoms with van der Waals surface area (Å²) in [5.74, 6) is -0.754. The van der Waals surface area contributed by atoms with Crippen LogP contribution in [0.5, 0.6) is 0 Å². The van der Waals surface area contributed by atoms with Gasteiger partial charge in [0, 0.05) is 31.2 Å². The molecule has 1 aliphatic heterocycles. The van der Waals surface area contributed by atoms with E-state index in [9.17, 15) is 9.59 Å². The van der Waals surface area contributed by atoms with E-state index in [2.05, 4.69) is 0 Å². The zero-order valence-electron chi connectivity index (χ0n) is 12.0. The lowest BCUT2D eigenvalue weighted by Crippen LogP contribution is -2.53. The fourth-order valence-electron chi connectivity index (χ4n) is 2.40. The number of rotatable bonds is 4. The minimum absolute atomic E-state index is 0.0694. The maximum absolute atomic E-state index is 12.2. The number of carboxylic acid groups (broad SMARTS) is 1. The average molecular weight is 311 g/mol. The van der Waals surface area contributed by atoms with E-state index in [1.54, 1.807) is 24.0 Å². The average Bonchev–Trinajstić information content (AvgIpc) is 2.49. The first-order chi connectivity index (χ1) is 9.97. The van der Waals surface area contributed by atoms with Gasteiger partial charge in [-0.05, 0) is 24.6 Å². The van der Waals surface area contributed by atoms with Crippen molar-refractivity contribution in [3.05, 3.63) is 34.9 Å². The predicted octanol–water partition coefficient (Wildman–Crippen LogP) is 1.50. The highest BCUT2D eigenvalue weighted by atomic mass is 35.5. The molecule has 0 aliphatic carbocycles. The maximum atomic E-state index is 12.2. The summed E-state index contributed by atoms with van der Waals surface area (Å²) in [4.78, 5) is 26.8. The lowest BCUT2D eigenvalue weighted by atomic mass is 10.1. The molecule has 1 N–H and O–H groups in total. The van der Waals surface area contributed by atoms with Crippen LogP contribution in [0.2, 0.25) is 5.02 Å².